The number of hydrogen-bond donors (Lipinski definition) is 2. The van der Waals surface area contributed by atoms with Crippen LogP contribution >= 0.6 is 11.8 Å². The molecule has 0 saturated carbocycles. The molecule has 78 valence electrons. The van der Waals surface area contributed by atoms with Crippen LogP contribution in [0.4, 0.5) is 0 Å². The van der Waals surface area contributed by atoms with Gasteiger partial charge in [-0.2, -0.15) is 0 Å². The van der Waals surface area contributed by atoms with Crippen molar-refractivity contribution in [3.63, 3.8) is 0 Å². The maximum absolute atomic E-state index is 10.8. The average Bonchev–Trinajstić information content (AvgIpc) is 2.52. The number of carbonyl (C=O) groups excluding carboxylic acids is 1. The van der Waals surface area contributed by atoms with E-state index < -0.39 is 5.97 Å². The van der Waals surface area contributed by atoms with Crippen molar-refractivity contribution in [1.82, 2.24) is 10.6 Å². The SMILES string of the molecule is Cc1coc(SCCC(=O)ONN)n1. The quantitative estimate of drug-likeness (QED) is 0.418. The second kappa shape index (κ2) is 5.63. The third-order valence-electron chi connectivity index (χ3n) is 1.30. The number of aryl methyl sites for hydroxylation is 1. The number of rotatable bonds is 5. The van der Waals surface area contributed by atoms with E-state index in [9.17, 15) is 4.79 Å². The lowest BCUT2D eigenvalue weighted by Gasteiger charge is -1.98. The summed E-state index contributed by atoms with van der Waals surface area (Å²) in [6, 6.07) is 0. The van der Waals surface area contributed by atoms with Gasteiger partial charge in [-0.25, -0.2) is 10.8 Å². The van der Waals surface area contributed by atoms with Crippen LogP contribution in [0.25, 0.3) is 0 Å². The van der Waals surface area contributed by atoms with Crippen molar-refractivity contribution in [2.75, 3.05) is 5.75 Å². The molecule has 0 atom stereocenters. The second-order valence-corrected chi connectivity index (χ2v) is 3.49. The third-order valence-corrected chi connectivity index (χ3v) is 2.15. The molecular formula is C7H11N3O3S. The molecule has 0 aliphatic rings. The zero-order chi connectivity index (χ0) is 10.4. The smallest absolute Gasteiger partial charge is 0.327 e. The Morgan fingerprint density at radius 2 is 2.64 bits per heavy atom. The molecular weight excluding hydrogens is 206 g/mol. The molecule has 0 aromatic carbocycles. The van der Waals surface area contributed by atoms with Gasteiger partial charge in [-0.05, 0) is 6.92 Å². The number of oxazole rings is 1. The normalized spacial score (nSPS) is 10.1. The van der Waals surface area contributed by atoms with E-state index in [2.05, 4.69) is 9.82 Å². The average molecular weight is 217 g/mol. The first-order valence-corrected chi connectivity index (χ1v) is 4.91. The maximum Gasteiger partial charge on any atom is 0.327 e. The van der Waals surface area contributed by atoms with Crippen molar-refractivity contribution in [1.29, 1.82) is 0 Å². The van der Waals surface area contributed by atoms with E-state index in [1.165, 1.54) is 11.8 Å². The highest BCUT2D eigenvalue weighted by atomic mass is 32.2. The zero-order valence-corrected chi connectivity index (χ0v) is 8.47. The molecule has 1 aromatic rings. The lowest BCUT2D eigenvalue weighted by Crippen LogP contribution is -2.26. The predicted octanol–water partition coefficient (Wildman–Crippen LogP) is 0.387. The summed E-state index contributed by atoms with van der Waals surface area (Å²) in [4.78, 5) is 19.2. The van der Waals surface area contributed by atoms with Crippen LogP contribution in [0.5, 0.6) is 0 Å². The Morgan fingerprint density at radius 1 is 1.86 bits per heavy atom. The van der Waals surface area contributed by atoms with Crippen molar-refractivity contribution < 1.29 is 14.0 Å². The van der Waals surface area contributed by atoms with E-state index in [-0.39, 0.29) is 6.42 Å². The molecule has 7 heteroatoms. The van der Waals surface area contributed by atoms with Crippen molar-refractivity contribution in [3.8, 4) is 0 Å². The molecule has 0 fully saturated rings. The molecule has 0 saturated heterocycles. The lowest BCUT2D eigenvalue weighted by atomic mass is 10.5. The van der Waals surface area contributed by atoms with Gasteiger partial charge in [0.1, 0.15) is 6.26 Å². The Hall–Kier alpha value is -1.05. The molecule has 0 aliphatic heterocycles. The van der Waals surface area contributed by atoms with Crippen LogP contribution in [0.15, 0.2) is 15.9 Å². The summed E-state index contributed by atoms with van der Waals surface area (Å²) in [5.74, 6) is 4.91. The van der Waals surface area contributed by atoms with E-state index in [0.717, 1.165) is 5.69 Å². The van der Waals surface area contributed by atoms with Crippen LogP contribution in [0.2, 0.25) is 0 Å². The highest BCUT2D eigenvalue weighted by molar-refractivity contribution is 7.99. The minimum absolute atomic E-state index is 0.246. The van der Waals surface area contributed by atoms with Gasteiger partial charge in [-0.1, -0.05) is 17.4 Å². The summed E-state index contributed by atoms with van der Waals surface area (Å²) in [7, 11) is 0. The number of hydrogen-bond acceptors (Lipinski definition) is 7. The summed E-state index contributed by atoms with van der Waals surface area (Å²) in [6.45, 7) is 1.83. The van der Waals surface area contributed by atoms with Gasteiger partial charge in [0.05, 0.1) is 12.1 Å². The summed E-state index contributed by atoms with van der Waals surface area (Å²) in [5, 5.41) is 0.552. The Labute approximate surface area is 85.1 Å². The van der Waals surface area contributed by atoms with E-state index in [1.807, 2.05) is 12.5 Å². The van der Waals surface area contributed by atoms with Crippen LogP contribution < -0.4 is 11.4 Å². The number of aromatic nitrogens is 1. The van der Waals surface area contributed by atoms with E-state index in [0.29, 0.717) is 11.0 Å². The minimum Gasteiger partial charge on any atom is -0.440 e. The van der Waals surface area contributed by atoms with Crippen LogP contribution in [0, 0.1) is 6.92 Å². The lowest BCUT2D eigenvalue weighted by molar-refractivity contribution is -0.150. The molecule has 0 bridgehead atoms. The molecule has 0 aliphatic carbocycles. The number of nitrogens with two attached hydrogens (primary N) is 1. The fourth-order valence-electron chi connectivity index (χ4n) is 0.737. The molecule has 0 amide bonds. The molecule has 0 radical (unpaired) electrons. The van der Waals surface area contributed by atoms with Gasteiger partial charge >= 0.3 is 5.97 Å². The molecule has 1 heterocycles. The topological polar surface area (TPSA) is 90.4 Å². The number of thioether (sulfide) groups is 1. The molecule has 0 unspecified atom stereocenters. The zero-order valence-electron chi connectivity index (χ0n) is 7.65. The van der Waals surface area contributed by atoms with E-state index in [4.69, 9.17) is 10.3 Å². The largest absolute Gasteiger partial charge is 0.440 e. The van der Waals surface area contributed by atoms with Crippen LogP contribution in [-0.2, 0) is 9.63 Å². The summed E-state index contributed by atoms with van der Waals surface area (Å²) < 4.78 is 5.07. The monoisotopic (exact) mass is 217 g/mol. The van der Waals surface area contributed by atoms with Gasteiger partial charge in [0.2, 0.25) is 0 Å². The fraction of sp³-hybridized carbons (Fsp3) is 0.429. The maximum atomic E-state index is 10.8. The Bertz CT molecular complexity index is 302. The number of nitrogens with zero attached hydrogens (tertiary/aromatic N) is 1. The number of nitrogens with one attached hydrogen (secondary N) is 1. The third kappa shape index (κ3) is 3.77. The van der Waals surface area contributed by atoms with Gasteiger partial charge < -0.3 is 9.25 Å². The molecule has 14 heavy (non-hydrogen) atoms. The molecule has 3 N–H and O–H groups in total. The molecule has 1 rings (SSSR count). The first-order chi connectivity index (χ1) is 6.72. The van der Waals surface area contributed by atoms with Gasteiger partial charge in [0, 0.05) is 5.75 Å². The molecule has 1 aromatic heterocycles. The predicted molar refractivity (Wildman–Crippen MR) is 50.0 cm³/mol. The molecule has 0 spiro atoms. The number of carbonyl (C=O) groups is 1. The summed E-state index contributed by atoms with van der Waals surface area (Å²) >= 11 is 1.35. The highest BCUT2D eigenvalue weighted by Gasteiger charge is 2.05. The van der Waals surface area contributed by atoms with E-state index >= 15 is 0 Å². The Balaban J connectivity index is 2.18. The second-order valence-electron chi connectivity index (χ2n) is 2.45. The standard InChI is InChI=1S/C7H11N3O3S/c1-5-4-12-7(9-5)14-3-2-6(11)13-10-8/h4,10H,2-3,8H2,1H3. The van der Waals surface area contributed by atoms with Gasteiger partial charge in [0.15, 0.2) is 0 Å². The van der Waals surface area contributed by atoms with Crippen LogP contribution in [0.3, 0.4) is 0 Å². The molecule has 6 nitrogen and oxygen atoms in total. The first kappa shape index (κ1) is 11.0. The highest BCUT2D eigenvalue weighted by Crippen LogP contribution is 2.17. The Morgan fingerprint density at radius 3 is 3.21 bits per heavy atom. The van der Waals surface area contributed by atoms with Crippen LogP contribution in [0.1, 0.15) is 12.1 Å². The van der Waals surface area contributed by atoms with Crippen molar-refractivity contribution in [2.45, 2.75) is 18.6 Å². The minimum atomic E-state index is -0.414. The van der Waals surface area contributed by atoms with Gasteiger partial charge in [-0.15, -0.1) is 0 Å². The van der Waals surface area contributed by atoms with Crippen molar-refractivity contribution in [3.05, 3.63) is 12.0 Å². The van der Waals surface area contributed by atoms with Crippen molar-refractivity contribution >= 4 is 17.7 Å². The number of hydrazine groups is 1. The van der Waals surface area contributed by atoms with Crippen LogP contribution in [-0.4, -0.2) is 16.7 Å². The van der Waals surface area contributed by atoms with Crippen molar-refractivity contribution in [2.24, 2.45) is 5.84 Å². The van der Waals surface area contributed by atoms with E-state index in [1.54, 1.807) is 6.26 Å². The first-order valence-electron chi connectivity index (χ1n) is 3.92. The fourth-order valence-corrected chi connectivity index (χ4v) is 1.51. The van der Waals surface area contributed by atoms with Gasteiger partial charge in [0.25, 0.3) is 5.22 Å². The summed E-state index contributed by atoms with van der Waals surface area (Å²) in [6.07, 6.45) is 1.80. The summed E-state index contributed by atoms with van der Waals surface area (Å²) in [5.41, 5.74) is 2.64. The van der Waals surface area contributed by atoms with Gasteiger partial charge in [-0.3, -0.25) is 4.79 Å². The Kier molecular flexibility index (Phi) is 4.44.